The molecule has 0 saturated carbocycles. The normalized spacial score (nSPS) is 15.0. The quantitative estimate of drug-likeness (QED) is 0.849. The van der Waals surface area contributed by atoms with E-state index in [1.165, 1.54) is 32.3 Å². The molecule has 2 heterocycles. The Morgan fingerprint density at radius 3 is 2.59 bits per heavy atom. The van der Waals surface area contributed by atoms with Gasteiger partial charge in [-0.2, -0.15) is 0 Å². The molecule has 0 bridgehead atoms. The highest BCUT2D eigenvalue weighted by Crippen LogP contribution is 2.30. The topological polar surface area (TPSA) is 47.5 Å². The van der Waals surface area contributed by atoms with Crippen molar-refractivity contribution in [2.45, 2.75) is 19.4 Å². The predicted octanol–water partition coefficient (Wildman–Crippen LogP) is 3.01. The van der Waals surface area contributed by atoms with Crippen LogP contribution in [0.3, 0.4) is 0 Å². The number of hydrogen-bond donors (Lipinski definition) is 0. The Kier molecular flexibility index (Phi) is 4.48. The van der Waals surface area contributed by atoms with Crippen LogP contribution in [0, 0.1) is 5.82 Å². The van der Waals surface area contributed by atoms with Crippen LogP contribution in [0.4, 0.5) is 4.39 Å². The fourth-order valence-electron chi connectivity index (χ4n) is 2.57. The van der Waals surface area contributed by atoms with Gasteiger partial charge in [0.15, 0.2) is 11.6 Å². The first kappa shape index (κ1) is 14.7. The van der Waals surface area contributed by atoms with Gasteiger partial charge in [-0.3, -0.25) is 4.90 Å². The summed E-state index contributed by atoms with van der Waals surface area (Å²) in [6, 6.07) is 5.15. The Bertz CT molecular complexity index is 645. The average molecular weight is 303 g/mol. The van der Waals surface area contributed by atoms with Gasteiger partial charge < -0.3 is 9.47 Å². The summed E-state index contributed by atoms with van der Waals surface area (Å²) in [6.07, 6.45) is 5.32. The third kappa shape index (κ3) is 3.17. The zero-order valence-corrected chi connectivity index (χ0v) is 12.5. The maximum atomic E-state index is 14.6. The molecule has 0 radical (unpaired) electrons. The van der Waals surface area contributed by atoms with Gasteiger partial charge in [-0.05, 0) is 32.0 Å². The molecule has 0 unspecified atom stereocenters. The molecule has 0 spiro atoms. The number of nitrogens with zero attached hydrogens (tertiary/aromatic N) is 3. The van der Waals surface area contributed by atoms with E-state index in [0.29, 0.717) is 12.1 Å². The lowest BCUT2D eigenvalue weighted by atomic mass is 10.2. The van der Waals surface area contributed by atoms with Gasteiger partial charge in [0.05, 0.1) is 7.11 Å². The van der Waals surface area contributed by atoms with Crippen molar-refractivity contribution in [2.24, 2.45) is 0 Å². The average Bonchev–Trinajstić information content (AvgIpc) is 3.05. The minimum Gasteiger partial charge on any atom is -0.477 e. The zero-order chi connectivity index (χ0) is 15.4. The molecule has 3 rings (SSSR count). The fraction of sp³-hybridized carbons (Fsp3) is 0.375. The molecule has 22 heavy (non-hydrogen) atoms. The molecule has 2 aromatic rings. The number of ether oxygens (including phenoxy) is 2. The SMILES string of the molecule is COc1nccnc1Oc1cccc(CN2CCCC2)c1F. The van der Waals surface area contributed by atoms with Gasteiger partial charge in [0.25, 0.3) is 11.8 Å². The minimum atomic E-state index is -0.359. The fourth-order valence-corrected chi connectivity index (χ4v) is 2.57. The number of benzene rings is 1. The molecule has 1 aliphatic rings. The molecule has 1 aromatic heterocycles. The number of likely N-dealkylation sites (tertiary alicyclic amines) is 1. The Labute approximate surface area is 128 Å². The van der Waals surface area contributed by atoms with E-state index in [1.54, 1.807) is 18.2 Å². The maximum Gasteiger partial charge on any atom is 0.283 e. The van der Waals surface area contributed by atoms with Crippen molar-refractivity contribution >= 4 is 0 Å². The van der Waals surface area contributed by atoms with Crippen LogP contribution in [0.2, 0.25) is 0 Å². The second-order valence-electron chi connectivity index (χ2n) is 5.19. The summed E-state index contributed by atoms with van der Waals surface area (Å²) in [6.45, 7) is 2.63. The third-order valence-corrected chi connectivity index (χ3v) is 3.67. The van der Waals surface area contributed by atoms with Crippen molar-refractivity contribution in [3.63, 3.8) is 0 Å². The van der Waals surface area contributed by atoms with Crippen molar-refractivity contribution in [3.8, 4) is 17.5 Å². The van der Waals surface area contributed by atoms with Crippen LogP contribution in [0.25, 0.3) is 0 Å². The van der Waals surface area contributed by atoms with E-state index in [-0.39, 0.29) is 23.3 Å². The van der Waals surface area contributed by atoms with Crippen LogP contribution in [0.15, 0.2) is 30.6 Å². The summed E-state index contributed by atoms with van der Waals surface area (Å²) in [7, 11) is 1.47. The highest BCUT2D eigenvalue weighted by molar-refractivity contribution is 5.36. The van der Waals surface area contributed by atoms with Crippen LogP contribution in [0.1, 0.15) is 18.4 Å². The first-order chi connectivity index (χ1) is 10.8. The number of halogens is 1. The smallest absolute Gasteiger partial charge is 0.283 e. The Morgan fingerprint density at radius 2 is 1.86 bits per heavy atom. The molecule has 0 amide bonds. The molecule has 1 fully saturated rings. The predicted molar refractivity (Wildman–Crippen MR) is 79.6 cm³/mol. The van der Waals surface area contributed by atoms with E-state index < -0.39 is 0 Å². The second-order valence-corrected chi connectivity index (χ2v) is 5.19. The molecule has 0 atom stereocenters. The molecule has 116 valence electrons. The molecule has 6 heteroatoms. The molecule has 0 aliphatic carbocycles. The van der Waals surface area contributed by atoms with Crippen LogP contribution in [-0.2, 0) is 6.54 Å². The van der Waals surface area contributed by atoms with Crippen LogP contribution in [0.5, 0.6) is 17.5 Å². The first-order valence-corrected chi connectivity index (χ1v) is 7.30. The van der Waals surface area contributed by atoms with Crippen molar-refractivity contribution in [2.75, 3.05) is 20.2 Å². The van der Waals surface area contributed by atoms with E-state index >= 15 is 0 Å². The molecule has 1 aromatic carbocycles. The molecule has 1 aliphatic heterocycles. The Morgan fingerprint density at radius 1 is 1.14 bits per heavy atom. The van der Waals surface area contributed by atoms with Crippen LogP contribution in [-0.4, -0.2) is 35.1 Å². The van der Waals surface area contributed by atoms with Crippen molar-refractivity contribution in [1.29, 1.82) is 0 Å². The van der Waals surface area contributed by atoms with E-state index in [2.05, 4.69) is 14.9 Å². The van der Waals surface area contributed by atoms with E-state index in [9.17, 15) is 4.39 Å². The van der Waals surface area contributed by atoms with Gasteiger partial charge in [0.1, 0.15) is 0 Å². The molecule has 0 N–H and O–H groups in total. The van der Waals surface area contributed by atoms with Crippen LogP contribution < -0.4 is 9.47 Å². The number of hydrogen-bond acceptors (Lipinski definition) is 5. The number of aromatic nitrogens is 2. The van der Waals surface area contributed by atoms with Crippen LogP contribution >= 0.6 is 0 Å². The van der Waals surface area contributed by atoms with Gasteiger partial charge in [-0.1, -0.05) is 12.1 Å². The summed E-state index contributed by atoms with van der Waals surface area (Å²) >= 11 is 0. The van der Waals surface area contributed by atoms with Gasteiger partial charge >= 0.3 is 0 Å². The van der Waals surface area contributed by atoms with E-state index in [4.69, 9.17) is 9.47 Å². The van der Waals surface area contributed by atoms with Gasteiger partial charge in [0, 0.05) is 24.5 Å². The number of methoxy groups -OCH3 is 1. The summed E-state index contributed by atoms with van der Waals surface area (Å²) in [5.41, 5.74) is 0.627. The second kappa shape index (κ2) is 6.70. The van der Waals surface area contributed by atoms with Crippen molar-refractivity contribution in [3.05, 3.63) is 42.0 Å². The Hall–Kier alpha value is -2.21. The zero-order valence-electron chi connectivity index (χ0n) is 12.5. The molecular weight excluding hydrogens is 285 g/mol. The molecule has 1 saturated heterocycles. The van der Waals surface area contributed by atoms with Crippen molar-refractivity contribution < 1.29 is 13.9 Å². The monoisotopic (exact) mass is 303 g/mol. The molecule has 5 nitrogen and oxygen atoms in total. The largest absolute Gasteiger partial charge is 0.477 e. The first-order valence-electron chi connectivity index (χ1n) is 7.30. The van der Waals surface area contributed by atoms with Gasteiger partial charge in [-0.15, -0.1) is 0 Å². The summed E-state index contributed by atoms with van der Waals surface area (Å²) in [5, 5.41) is 0. The van der Waals surface area contributed by atoms with Crippen molar-refractivity contribution in [1.82, 2.24) is 14.9 Å². The summed E-state index contributed by atoms with van der Waals surface area (Å²) in [5.74, 6) is 0.159. The van der Waals surface area contributed by atoms with Gasteiger partial charge in [0.2, 0.25) is 0 Å². The maximum absolute atomic E-state index is 14.6. The summed E-state index contributed by atoms with van der Waals surface area (Å²) < 4.78 is 25.2. The van der Waals surface area contributed by atoms with Gasteiger partial charge in [-0.25, -0.2) is 14.4 Å². The Balaban J connectivity index is 1.81. The van der Waals surface area contributed by atoms with E-state index in [0.717, 1.165) is 13.1 Å². The summed E-state index contributed by atoms with van der Waals surface area (Å²) in [4.78, 5) is 10.3. The standard InChI is InChI=1S/C16H18FN3O2/c1-21-15-16(19-8-7-18-15)22-13-6-4-5-12(14(13)17)11-20-9-2-3-10-20/h4-8H,2-3,9-11H2,1H3. The number of rotatable bonds is 5. The highest BCUT2D eigenvalue weighted by atomic mass is 19.1. The third-order valence-electron chi connectivity index (χ3n) is 3.67. The lowest BCUT2D eigenvalue weighted by Crippen LogP contribution is -2.19. The van der Waals surface area contributed by atoms with E-state index in [1.807, 2.05) is 0 Å². The highest BCUT2D eigenvalue weighted by Gasteiger charge is 2.17. The molecular formula is C16H18FN3O2. The minimum absolute atomic E-state index is 0.135. The lowest BCUT2D eigenvalue weighted by molar-refractivity contribution is 0.319. The lowest BCUT2D eigenvalue weighted by Gasteiger charge is -2.16.